The van der Waals surface area contributed by atoms with Gasteiger partial charge in [0.1, 0.15) is 0 Å². The molecule has 0 saturated heterocycles. The molecule has 1 atom stereocenters. The number of rotatable bonds is 9. The molecular weight excluding hydrogens is 288 g/mol. The molecule has 0 spiro atoms. The molecule has 2 rings (SSSR count). The van der Waals surface area contributed by atoms with Crippen LogP contribution in [0.15, 0.2) is 35.8 Å². The molecule has 114 valence electrons. The third kappa shape index (κ3) is 5.71. The number of pyridine rings is 1. The van der Waals surface area contributed by atoms with E-state index in [1.165, 1.54) is 0 Å². The fourth-order valence-electron chi connectivity index (χ4n) is 1.70. The Balaban J connectivity index is 1.64. The van der Waals surface area contributed by atoms with Crippen molar-refractivity contribution in [2.24, 2.45) is 0 Å². The first-order valence-electron chi connectivity index (χ1n) is 6.89. The third-order valence-electron chi connectivity index (χ3n) is 2.71. The molecule has 2 aromatic heterocycles. The molecule has 0 aromatic carbocycles. The van der Waals surface area contributed by atoms with Gasteiger partial charge in [-0.1, -0.05) is 6.07 Å². The number of nitrogens with zero attached hydrogens (tertiary/aromatic N) is 1. The molecule has 0 aliphatic rings. The zero-order chi connectivity index (χ0) is 14.9. The van der Waals surface area contributed by atoms with Gasteiger partial charge in [0, 0.05) is 17.5 Å². The SMILES string of the molecule is CCOc1ccc(NCC(O)COCc2cccs2)cn1. The minimum atomic E-state index is -0.559. The monoisotopic (exact) mass is 308 g/mol. The number of hydrogen-bond donors (Lipinski definition) is 2. The highest BCUT2D eigenvalue weighted by Gasteiger charge is 2.05. The van der Waals surface area contributed by atoms with Gasteiger partial charge in [0.05, 0.1) is 37.8 Å². The third-order valence-corrected chi connectivity index (χ3v) is 3.55. The lowest BCUT2D eigenvalue weighted by molar-refractivity contribution is 0.0359. The summed E-state index contributed by atoms with van der Waals surface area (Å²) in [6, 6.07) is 7.67. The number of anilines is 1. The Labute approximate surface area is 128 Å². The molecule has 0 aliphatic heterocycles. The van der Waals surface area contributed by atoms with Crippen LogP contribution in [-0.2, 0) is 11.3 Å². The number of aliphatic hydroxyl groups is 1. The van der Waals surface area contributed by atoms with Crippen molar-refractivity contribution in [1.82, 2.24) is 4.98 Å². The van der Waals surface area contributed by atoms with E-state index in [1.54, 1.807) is 23.6 Å². The van der Waals surface area contributed by atoms with Crippen LogP contribution in [-0.4, -0.2) is 36.0 Å². The Hall–Kier alpha value is -1.63. The highest BCUT2D eigenvalue weighted by molar-refractivity contribution is 7.09. The molecule has 6 heteroatoms. The Morgan fingerprint density at radius 2 is 2.29 bits per heavy atom. The van der Waals surface area contributed by atoms with E-state index in [4.69, 9.17) is 9.47 Å². The van der Waals surface area contributed by atoms with Crippen molar-refractivity contribution in [3.63, 3.8) is 0 Å². The van der Waals surface area contributed by atoms with E-state index < -0.39 is 6.10 Å². The summed E-state index contributed by atoms with van der Waals surface area (Å²) in [5, 5.41) is 15.0. The summed E-state index contributed by atoms with van der Waals surface area (Å²) < 4.78 is 10.7. The van der Waals surface area contributed by atoms with Crippen LogP contribution >= 0.6 is 11.3 Å². The molecule has 2 heterocycles. The van der Waals surface area contributed by atoms with Gasteiger partial charge in [0.15, 0.2) is 0 Å². The predicted octanol–water partition coefficient (Wildman–Crippen LogP) is 2.53. The van der Waals surface area contributed by atoms with Crippen molar-refractivity contribution in [2.75, 3.05) is 25.1 Å². The van der Waals surface area contributed by atoms with E-state index in [1.807, 2.05) is 30.5 Å². The zero-order valence-corrected chi connectivity index (χ0v) is 12.8. The van der Waals surface area contributed by atoms with E-state index in [-0.39, 0.29) is 0 Å². The molecule has 2 N–H and O–H groups in total. The van der Waals surface area contributed by atoms with Crippen molar-refractivity contribution in [3.05, 3.63) is 40.7 Å². The molecule has 1 unspecified atom stereocenters. The maximum atomic E-state index is 9.85. The summed E-state index contributed by atoms with van der Waals surface area (Å²) in [6.45, 7) is 3.77. The van der Waals surface area contributed by atoms with Gasteiger partial charge in [-0.25, -0.2) is 4.98 Å². The lowest BCUT2D eigenvalue weighted by Gasteiger charge is -2.13. The van der Waals surface area contributed by atoms with Crippen LogP contribution in [0.25, 0.3) is 0 Å². The van der Waals surface area contributed by atoms with Crippen LogP contribution in [0.4, 0.5) is 5.69 Å². The second-order valence-electron chi connectivity index (χ2n) is 4.45. The van der Waals surface area contributed by atoms with Gasteiger partial charge in [-0.15, -0.1) is 11.3 Å². The fourth-order valence-corrected chi connectivity index (χ4v) is 2.34. The highest BCUT2D eigenvalue weighted by Crippen LogP contribution is 2.12. The average Bonchev–Trinajstić information content (AvgIpc) is 3.00. The predicted molar refractivity (Wildman–Crippen MR) is 83.9 cm³/mol. The number of aromatic nitrogens is 1. The van der Waals surface area contributed by atoms with Crippen LogP contribution in [0.3, 0.4) is 0 Å². The molecule has 0 fully saturated rings. The van der Waals surface area contributed by atoms with E-state index >= 15 is 0 Å². The summed E-state index contributed by atoms with van der Waals surface area (Å²) in [6.07, 6.45) is 1.13. The van der Waals surface area contributed by atoms with Gasteiger partial charge >= 0.3 is 0 Å². The summed E-state index contributed by atoms with van der Waals surface area (Å²) in [5.41, 5.74) is 0.843. The minimum absolute atomic E-state index is 0.301. The summed E-state index contributed by atoms with van der Waals surface area (Å²) in [4.78, 5) is 5.30. The first-order valence-corrected chi connectivity index (χ1v) is 7.77. The maximum Gasteiger partial charge on any atom is 0.213 e. The number of nitrogens with one attached hydrogen (secondary N) is 1. The van der Waals surface area contributed by atoms with Crippen LogP contribution in [0.2, 0.25) is 0 Å². The Morgan fingerprint density at radius 3 is 2.95 bits per heavy atom. The summed E-state index contributed by atoms with van der Waals surface area (Å²) in [5.74, 6) is 0.600. The van der Waals surface area contributed by atoms with Crippen molar-refractivity contribution in [1.29, 1.82) is 0 Å². The zero-order valence-electron chi connectivity index (χ0n) is 12.0. The largest absolute Gasteiger partial charge is 0.478 e. The van der Waals surface area contributed by atoms with Crippen LogP contribution in [0.1, 0.15) is 11.8 Å². The number of aliphatic hydroxyl groups excluding tert-OH is 1. The standard InChI is InChI=1S/C15H20N2O3S/c1-2-20-15-6-5-12(8-17-15)16-9-13(18)10-19-11-14-4-3-7-21-14/h3-8,13,16,18H,2,9-11H2,1H3. The van der Waals surface area contributed by atoms with Gasteiger partial charge in [0.25, 0.3) is 0 Å². The van der Waals surface area contributed by atoms with Crippen LogP contribution in [0.5, 0.6) is 5.88 Å². The average molecular weight is 308 g/mol. The molecular formula is C15H20N2O3S. The topological polar surface area (TPSA) is 63.6 Å². The quantitative estimate of drug-likeness (QED) is 0.745. The van der Waals surface area contributed by atoms with Gasteiger partial charge in [-0.3, -0.25) is 0 Å². The lowest BCUT2D eigenvalue weighted by Crippen LogP contribution is -2.24. The first kappa shape index (κ1) is 15.8. The van der Waals surface area contributed by atoms with Gasteiger partial charge < -0.3 is 19.9 Å². The summed E-state index contributed by atoms with van der Waals surface area (Å²) >= 11 is 1.65. The molecule has 0 saturated carbocycles. The Bertz CT molecular complexity index is 502. The first-order chi connectivity index (χ1) is 10.3. The molecule has 0 radical (unpaired) electrons. The van der Waals surface area contributed by atoms with Crippen molar-refractivity contribution in [3.8, 4) is 5.88 Å². The fraction of sp³-hybridized carbons (Fsp3) is 0.400. The number of ether oxygens (including phenoxy) is 2. The minimum Gasteiger partial charge on any atom is -0.478 e. The van der Waals surface area contributed by atoms with Gasteiger partial charge in [-0.05, 0) is 24.4 Å². The van der Waals surface area contributed by atoms with E-state index in [2.05, 4.69) is 10.3 Å². The lowest BCUT2D eigenvalue weighted by atomic mass is 10.3. The molecule has 5 nitrogen and oxygen atoms in total. The van der Waals surface area contributed by atoms with E-state index in [0.29, 0.717) is 32.2 Å². The Morgan fingerprint density at radius 1 is 1.38 bits per heavy atom. The van der Waals surface area contributed by atoms with Gasteiger partial charge in [-0.2, -0.15) is 0 Å². The summed E-state index contributed by atoms with van der Waals surface area (Å²) in [7, 11) is 0. The van der Waals surface area contributed by atoms with Gasteiger partial charge in [0.2, 0.25) is 5.88 Å². The molecule has 0 amide bonds. The molecule has 0 bridgehead atoms. The molecule has 21 heavy (non-hydrogen) atoms. The molecule has 0 aliphatic carbocycles. The van der Waals surface area contributed by atoms with E-state index in [9.17, 15) is 5.11 Å². The molecule has 2 aromatic rings. The second-order valence-corrected chi connectivity index (χ2v) is 5.48. The van der Waals surface area contributed by atoms with Crippen molar-refractivity contribution >= 4 is 17.0 Å². The number of thiophene rings is 1. The van der Waals surface area contributed by atoms with E-state index in [0.717, 1.165) is 10.6 Å². The Kier molecular flexibility index (Phi) is 6.46. The van der Waals surface area contributed by atoms with Crippen LogP contribution < -0.4 is 10.1 Å². The highest BCUT2D eigenvalue weighted by atomic mass is 32.1. The number of hydrogen-bond acceptors (Lipinski definition) is 6. The van der Waals surface area contributed by atoms with Crippen molar-refractivity contribution in [2.45, 2.75) is 19.6 Å². The van der Waals surface area contributed by atoms with Crippen molar-refractivity contribution < 1.29 is 14.6 Å². The maximum absolute atomic E-state index is 9.85. The normalized spacial score (nSPS) is 12.1. The second kappa shape index (κ2) is 8.61. The smallest absolute Gasteiger partial charge is 0.213 e. The van der Waals surface area contributed by atoms with Crippen LogP contribution in [0, 0.1) is 0 Å².